The van der Waals surface area contributed by atoms with Crippen LogP contribution in [0, 0.1) is 0 Å². The fourth-order valence-electron chi connectivity index (χ4n) is 2.73. The van der Waals surface area contributed by atoms with Gasteiger partial charge in [0.1, 0.15) is 0 Å². The molecule has 1 fully saturated rings. The van der Waals surface area contributed by atoms with Gasteiger partial charge in [-0.05, 0) is 36.1 Å². The lowest BCUT2D eigenvalue weighted by Gasteiger charge is -2.23. The summed E-state index contributed by atoms with van der Waals surface area (Å²) in [6, 6.07) is 17.6. The van der Waals surface area contributed by atoms with Crippen molar-refractivity contribution in [3.8, 4) is 0 Å². The zero-order chi connectivity index (χ0) is 17.6. The van der Waals surface area contributed by atoms with Crippen molar-refractivity contribution in [2.24, 2.45) is 0 Å². The van der Waals surface area contributed by atoms with Crippen molar-refractivity contribution in [3.05, 3.63) is 71.3 Å². The molecule has 3 amide bonds. The Balaban J connectivity index is 1.61. The Bertz CT molecular complexity index is 724. The number of carbonyl (C=O) groups excluding carboxylic acids is 2. The van der Waals surface area contributed by atoms with Gasteiger partial charge in [-0.2, -0.15) is 0 Å². The summed E-state index contributed by atoms with van der Waals surface area (Å²) in [6.45, 7) is 1.08. The molecule has 25 heavy (non-hydrogen) atoms. The first-order valence-corrected chi connectivity index (χ1v) is 8.57. The van der Waals surface area contributed by atoms with Gasteiger partial charge in [-0.1, -0.05) is 42.5 Å². The summed E-state index contributed by atoms with van der Waals surface area (Å²) in [5.74, 6) is -0.105. The maximum Gasteiger partial charge on any atom is 0.318 e. The highest BCUT2D eigenvalue weighted by Gasteiger charge is 2.32. The Labute approximate surface area is 148 Å². The lowest BCUT2D eigenvalue weighted by molar-refractivity contribution is 0.0963. The Morgan fingerprint density at radius 2 is 1.68 bits per heavy atom. The van der Waals surface area contributed by atoms with Gasteiger partial charge >= 0.3 is 6.03 Å². The summed E-state index contributed by atoms with van der Waals surface area (Å²) >= 11 is 0. The second-order valence-electron chi connectivity index (χ2n) is 6.28. The number of carbonyl (C=O) groups is 2. The molecular formula is C20H23N3O2. The highest BCUT2D eigenvalue weighted by molar-refractivity contribution is 5.93. The van der Waals surface area contributed by atoms with Crippen molar-refractivity contribution in [1.29, 1.82) is 0 Å². The van der Waals surface area contributed by atoms with Crippen molar-refractivity contribution >= 4 is 11.9 Å². The van der Waals surface area contributed by atoms with E-state index >= 15 is 0 Å². The second kappa shape index (κ2) is 7.83. The van der Waals surface area contributed by atoms with Gasteiger partial charge in [-0.3, -0.25) is 4.79 Å². The lowest BCUT2D eigenvalue weighted by Crippen LogP contribution is -2.40. The number of hydrogen-bond acceptors (Lipinski definition) is 2. The average molecular weight is 337 g/mol. The van der Waals surface area contributed by atoms with E-state index in [0.717, 1.165) is 24.0 Å². The van der Waals surface area contributed by atoms with Crippen LogP contribution in [0.2, 0.25) is 0 Å². The monoisotopic (exact) mass is 337 g/mol. The molecule has 2 N–H and O–H groups in total. The first-order chi connectivity index (χ1) is 12.2. The minimum atomic E-state index is -0.105. The molecule has 2 aromatic carbocycles. The van der Waals surface area contributed by atoms with E-state index < -0.39 is 0 Å². The van der Waals surface area contributed by atoms with E-state index in [9.17, 15) is 9.59 Å². The minimum absolute atomic E-state index is 0.0401. The first kappa shape index (κ1) is 17.0. The summed E-state index contributed by atoms with van der Waals surface area (Å²) in [4.78, 5) is 26.1. The molecule has 0 heterocycles. The zero-order valence-electron chi connectivity index (χ0n) is 14.4. The summed E-state index contributed by atoms with van der Waals surface area (Å²) < 4.78 is 0. The Morgan fingerprint density at radius 1 is 1.00 bits per heavy atom. The lowest BCUT2D eigenvalue weighted by atomic mass is 10.1. The van der Waals surface area contributed by atoms with Gasteiger partial charge in [0.15, 0.2) is 0 Å². The van der Waals surface area contributed by atoms with Crippen LogP contribution in [0.1, 0.15) is 34.3 Å². The number of nitrogens with zero attached hydrogens (tertiary/aromatic N) is 1. The van der Waals surface area contributed by atoms with Crippen LogP contribution in [0.4, 0.5) is 4.79 Å². The Kier molecular flexibility index (Phi) is 5.33. The predicted octanol–water partition coefficient (Wildman–Crippen LogP) is 2.92. The quantitative estimate of drug-likeness (QED) is 0.851. The molecule has 5 nitrogen and oxygen atoms in total. The molecule has 0 bridgehead atoms. The van der Waals surface area contributed by atoms with Gasteiger partial charge in [-0.25, -0.2) is 4.79 Å². The SMILES string of the molecule is CNC(=O)c1ccc(CN(C(=O)NCc2ccccc2)C2CC2)cc1. The van der Waals surface area contributed by atoms with Gasteiger partial charge in [0, 0.05) is 31.7 Å². The normalized spacial score (nSPS) is 13.2. The number of rotatable bonds is 6. The zero-order valence-corrected chi connectivity index (χ0v) is 14.4. The third kappa shape index (κ3) is 4.59. The number of urea groups is 1. The fourth-order valence-corrected chi connectivity index (χ4v) is 2.73. The smallest absolute Gasteiger partial charge is 0.318 e. The van der Waals surface area contributed by atoms with E-state index in [-0.39, 0.29) is 11.9 Å². The molecule has 0 unspecified atom stereocenters. The van der Waals surface area contributed by atoms with Crippen molar-refractivity contribution < 1.29 is 9.59 Å². The van der Waals surface area contributed by atoms with E-state index in [1.54, 1.807) is 19.2 Å². The van der Waals surface area contributed by atoms with Crippen LogP contribution >= 0.6 is 0 Å². The van der Waals surface area contributed by atoms with E-state index in [0.29, 0.717) is 24.7 Å². The molecule has 2 aromatic rings. The van der Waals surface area contributed by atoms with Gasteiger partial charge in [0.2, 0.25) is 0 Å². The molecule has 0 spiro atoms. The van der Waals surface area contributed by atoms with Gasteiger partial charge in [-0.15, -0.1) is 0 Å². The molecule has 0 aliphatic heterocycles. The molecule has 0 aromatic heterocycles. The van der Waals surface area contributed by atoms with Gasteiger partial charge in [0.25, 0.3) is 5.91 Å². The molecule has 130 valence electrons. The van der Waals surface area contributed by atoms with Crippen LogP contribution in [0.15, 0.2) is 54.6 Å². The van der Waals surface area contributed by atoms with E-state index in [1.807, 2.05) is 47.4 Å². The van der Waals surface area contributed by atoms with E-state index in [4.69, 9.17) is 0 Å². The van der Waals surface area contributed by atoms with E-state index in [2.05, 4.69) is 10.6 Å². The molecule has 1 saturated carbocycles. The fraction of sp³-hybridized carbons (Fsp3) is 0.300. The number of benzene rings is 2. The third-order valence-electron chi connectivity index (χ3n) is 4.33. The Morgan fingerprint density at radius 3 is 2.28 bits per heavy atom. The highest BCUT2D eigenvalue weighted by atomic mass is 16.2. The van der Waals surface area contributed by atoms with Crippen molar-refractivity contribution in [2.75, 3.05) is 7.05 Å². The number of amides is 3. The molecule has 0 radical (unpaired) electrons. The van der Waals surface area contributed by atoms with Gasteiger partial charge < -0.3 is 15.5 Å². The van der Waals surface area contributed by atoms with Crippen molar-refractivity contribution in [2.45, 2.75) is 32.0 Å². The molecule has 1 aliphatic carbocycles. The Hall–Kier alpha value is -2.82. The van der Waals surface area contributed by atoms with Gasteiger partial charge in [0.05, 0.1) is 0 Å². The summed E-state index contributed by atoms with van der Waals surface area (Å²) in [5, 5.41) is 5.61. The van der Waals surface area contributed by atoms with Crippen LogP contribution in [0.5, 0.6) is 0 Å². The van der Waals surface area contributed by atoms with Crippen LogP contribution in [0.3, 0.4) is 0 Å². The average Bonchev–Trinajstić information content (AvgIpc) is 3.50. The van der Waals surface area contributed by atoms with Crippen LogP contribution < -0.4 is 10.6 Å². The maximum atomic E-state index is 12.6. The molecule has 0 saturated heterocycles. The van der Waals surface area contributed by atoms with Crippen LogP contribution in [0.25, 0.3) is 0 Å². The molecule has 3 rings (SSSR count). The molecule has 5 heteroatoms. The first-order valence-electron chi connectivity index (χ1n) is 8.57. The molecular weight excluding hydrogens is 314 g/mol. The topological polar surface area (TPSA) is 61.4 Å². The van der Waals surface area contributed by atoms with Crippen molar-refractivity contribution in [3.63, 3.8) is 0 Å². The molecule has 0 atom stereocenters. The predicted molar refractivity (Wildman–Crippen MR) is 97.1 cm³/mol. The molecule has 1 aliphatic rings. The van der Waals surface area contributed by atoms with Crippen LogP contribution in [-0.2, 0) is 13.1 Å². The standard InChI is InChI=1S/C20H23N3O2/c1-21-19(24)17-9-7-16(8-10-17)14-23(18-11-12-18)20(25)22-13-15-5-3-2-4-6-15/h2-10,18H,11-14H2,1H3,(H,21,24)(H,22,25). The van der Waals surface area contributed by atoms with E-state index in [1.165, 1.54) is 0 Å². The second-order valence-corrected chi connectivity index (χ2v) is 6.28. The maximum absolute atomic E-state index is 12.6. The summed E-state index contributed by atoms with van der Waals surface area (Å²) in [6.07, 6.45) is 2.10. The van der Waals surface area contributed by atoms with Crippen molar-refractivity contribution in [1.82, 2.24) is 15.5 Å². The highest BCUT2D eigenvalue weighted by Crippen LogP contribution is 2.28. The summed E-state index contributed by atoms with van der Waals surface area (Å²) in [5.41, 5.74) is 2.73. The largest absolute Gasteiger partial charge is 0.355 e. The number of nitrogens with one attached hydrogen (secondary N) is 2. The third-order valence-corrected chi connectivity index (χ3v) is 4.33. The summed E-state index contributed by atoms with van der Waals surface area (Å²) in [7, 11) is 1.61. The minimum Gasteiger partial charge on any atom is -0.355 e. The number of hydrogen-bond donors (Lipinski definition) is 2. The van der Waals surface area contributed by atoms with Crippen LogP contribution in [-0.4, -0.2) is 29.9 Å².